The van der Waals surface area contributed by atoms with Crippen LogP contribution in [0.1, 0.15) is 40.0 Å². The molecule has 0 spiro atoms. The average Bonchev–Trinajstić information content (AvgIpc) is 3.36. The van der Waals surface area contributed by atoms with Gasteiger partial charge in [0.15, 0.2) is 5.41 Å². The van der Waals surface area contributed by atoms with Crippen LogP contribution in [0.5, 0.6) is 5.75 Å². The van der Waals surface area contributed by atoms with E-state index < -0.39 is 87.6 Å². The zero-order valence-corrected chi connectivity index (χ0v) is 17.3. The molecule has 5 unspecified atom stereocenters. The SMILES string of the molecule is CCC(C)(C)C(=O)OC1C2CC3C1OC(=O)C3(C(=O)Oc1c(F)c(F)c(F)c(F)c1F)C2. The molecule has 3 fully saturated rings. The Kier molecular flexibility index (Phi) is 5.02. The molecule has 0 amide bonds. The quantitative estimate of drug-likeness (QED) is 0.166. The minimum atomic E-state index is -2.40. The first kappa shape index (κ1) is 22.5. The molecular weight excluding hydrogens is 443 g/mol. The van der Waals surface area contributed by atoms with Crippen LogP contribution in [-0.4, -0.2) is 30.1 Å². The van der Waals surface area contributed by atoms with Crippen LogP contribution in [0.2, 0.25) is 0 Å². The normalized spacial score (nSPS) is 30.4. The molecule has 0 N–H and O–H groups in total. The smallest absolute Gasteiger partial charge is 0.329 e. The molecule has 1 saturated heterocycles. The molecule has 0 aromatic heterocycles. The van der Waals surface area contributed by atoms with E-state index in [1.807, 2.05) is 0 Å². The minimum absolute atomic E-state index is 0.203. The van der Waals surface area contributed by atoms with Gasteiger partial charge in [0, 0.05) is 11.8 Å². The standard InChI is InChI=1S/C21H19F5O6/c1-4-20(2,3)17(27)30-14-7-5-8-15(14)31-18(28)21(8,6-7)19(29)32-16-12(25)10(23)9(22)11(24)13(16)26/h7-8,14-15H,4-6H2,1-3H3. The van der Waals surface area contributed by atoms with Gasteiger partial charge in [0.2, 0.25) is 34.8 Å². The summed E-state index contributed by atoms with van der Waals surface area (Å²) >= 11 is 0. The maximum atomic E-state index is 14.0. The molecular formula is C21H19F5O6. The Hall–Kier alpha value is -2.72. The summed E-state index contributed by atoms with van der Waals surface area (Å²) in [5, 5.41) is 0. The Bertz CT molecular complexity index is 1010. The highest BCUT2D eigenvalue weighted by Crippen LogP contribution is 2.63. The Morgan fingerprint density at radius 1 is 1.06 bits per heavy atom. The van der Waals surface area contributed by atoms with Crippen molar-refractivity contribution < 1.29 is 50.5 Å². The van der Waals surface area contributed by atoms with Crippen LogP contribution in [-0.2, 0) is 23.9 Å². The van der Waals surface area contributed by atoms with Crippen molar-refractivity contribution in [2.75, 3.05) is 0 Å². The fourth-order valence-corrected chi connectivity index (χ4v) is 4.72. The van der Waals surface area contributed by atoms with Crippen molar-refractivity contribution in [3.8, 4) is 5.75 Å². The summed E-state index contributed by atoms with van der Waals surface area (Å²) in [7, 11) is 0. The summed E-state index contributed by atoms with van der Waals surface area (Å²) in [6.07, 6.45) is -1.25. The monoisotopic (exact) mass is 462 g/mol. The highest BCUT2D eigenvalue weighted by molar-refractivity contribution is 6.03. The second-order valence-corrected chi connectivity index (χ2v) is 9.04. The first-order chi connectivity index (χ1) is 14.9. The lowest BCUT2D eigenvalue weighted by Gasteiger charge is -2.32. The number of halogens is 5. The lowest BCUT2D eigenvalue weighted by atomic mass is 9.73. The Morgan fingerprint density at radius 3 is 2.19 bits per heavy atom. The molecule has 1 aliphatic heterocycles. The van der Waals surface area contributed by atoms with Crippen LogP contribution in [0.3, 0.4) is 0 Å². The second kappa shape index (κ2) is 7.14. The van der Waals surface area contributed by atoms with E-state index in [4.69, 9.17) is 9.47 Å². The van der Waals surface area contributed by atoms with Gasteiger partial charge in [-0.1, -0.05) is 6.92 Å². The lowest BCUT2D eigenvalue weighted by Crippen LogP contribution is -2.47. The molecule has 6 nitrogen and oxygen atoms in total. The molecule has 11 heteroatoms. The van der Waals surface area contributed by atoms with Gasteiger partial charge in [0.05, 0.1) is 5.41 Å². The Labute approximate surface area is 179 Å². The van der Waals surface area contributed by atoms with Gasteiger partial charge in [0.1, 0.15) is 12.2 Å². The Balaban J connectivity index is 1.60. The van der Waals surface area contributed by atoms with Gasteiger partial charge < -0.3 is 14.2 Å². The van der Waals surface area contributed by atoms with E-state index >= 15 is 0 Å². The third-order valence-electron chi connectivity index (χ3n) is 6.97. The molecule has 2 aliphatic carbocycles. The van der Waals surface area contributed by atoms with Crippen LogP contribution in [0, 0.1) is 51.8 Å². The van der Waals surface area contributed by atoms with Gasteiger partial charge in [0.25, 0.3) is 0 Å². The molecule has 1 aromatic rings. The first-order valence-corrected chi connectivity index (χ1v) is 10.0. The lowest BCUT2D eigenvalue weighted by molar-refractivity contribution is -0.170. The molecule has 0 radical (unpaired) electrons. The zero-order valence-electron chi connectivity index (χ0n) is 17.3. The minimum Gasteiger partial charge on any atom is -0.458 e. The van der Waals surface area contributed by atoms with Gasteiger partial charge in [-0.05, 0) is 33.1 Å². The van der Waals surface area contributed by atoms with E-state index in [0.717, 1.165) is 0 Å². The summed E-state index contributed by atoms with van der Waals surface area (Å²) in [5.74, 6) is -17.7. The number of hydrogen-bond donors (Lipinski definition) is 0. The zero-order chi connectivity index (χ0) is 23.7. The van der Waals surface area contributed by atoms with E-state index in [1.165, 1.54) is 0 Å². The number of rotatable bonds is 5. The van der Waals surface area contributed by atoms with E-state index in [2.05, 4.69) is 4.74 Å². The maximum absolute atomic E-state index is 14.0. The highest BCUT2D eigenvalue weighted by atomic mass is 19.2. The van der Waals surface area contributed by atoms with Gasteiger partial charge in [-0.3, -0.25) is 14.4 Å². The van der Waals surface area contributed by atoms with Crippen LogP contribution < -0.4 is 4.74 Å². The summed E-state index contributed by atoms with van der Waals surface area (Å²) < 4.78 is 83.5. The maximum Gasteiger partial charge on any atom is 0.329 e. The third kappa shape index (κ3) is 2.85. The van der Waals surface area contributed by atoms with Crippen molar-refractivity contribution in [2.24, 2.45) is 22.7 Å². The van der Waals surface area contributed by atoms with Gasteiger partial charge >= 0.3 is 17.9 Å². The van der Waals surface area contributed by atoms with Crippen molar-refractivity contribution in [3.05, 3.63) is 29.1 Å². The molecule has 5 atom stereocenters. The van der Waals surface area contributed by atoms with Crippen molar-refractivity contribution in [1.82, 2.24) is 0 Å². The predicted octanol–water partition coefficient (Wildman–Crippen LogP) is 3.59. The average molecular weight is 462 g/mol. The van der Waals surface area contributed by atoms with Crippen LogP contribution in [0.4, 0.5) is 22.0 Å². The third-order valence-corrected chi connectivity index (χ3v) is 6.97. The fourth-order valence-electron chi connectivity index (χ4n) is 4.72. The molecule has 4 rings (SSSR count). The van der Waals surface area contributed by atoms with Crippen molar-refractivity contribution in [1.29, 1.82) is 0 Å². The first-order valence-electron chi connectivity index (χ1n) is 10.0. The molecule has 174 valence electrons. The van der Waals surface area contributed by atoms with Crippen molar-refractivity contribution >= 4 is 17.9 Å². The molecule has 3 aliphatic rings. The molecule has 1 aromatic carbocycles. The number of carbonyl (C=O) groups excluding carboxylic acids is 3. The summed E-state index contributed by atoms with van der Waals surface area (Å²) in [5.41, 5.74) is -2.76. The van der Waals surface area contributed by atoms with E-state index in [1.54, 1.807) is 20.8 Å². The van der Waals surface area contributed by atoms with Crippen LogP contribution >= 0.6 is 0 Å². The summed E-state index contributed by atoms with van der Waals surface area (Å²) in [6.45, 7) is 5.18. The van der Waals surface area contributed by atoms with Crippen molar-refractivity contribution in [3.63, 3.8) is 0 Å². The molecule has 2 bridgehead atoms. The topological polar surface area (TPSA) is 78.9 Å². The van der Waals surface area contributed by atoms with Gasteiger partial charge in [-0.15, -0.1) is 0 Å². The number of fused-ring (bicyclic) bond motifs is 1. The van der Waals surface area contributed by atoms with E-state index in [0.29, 0.717) is 6.42 Å². The summed E-state index contributed by atoms with van der Waals surface area (Å²) in [6, 6.07) is 0. The van der Waals surface area contributed by atoms with Gasteiger partial charge in [-0.2, -0.15) is 8.78 Å². The highest BCUT2D eigenvalue weighted by Gasteiger charge is 2.75. The Morgan fingerprint density at radius 2 is 1.62 bits per heavy atom. The molecule has 2 saturated carbocycles. The summed E-state index contributed by atoms with van der Waals surface area (Å²) in [4.78, 5) is 37.9. The second-order valence-electron chi connectivity index (χ2n) is 9.04. The number of ether oxygens (including phenoxy) is 3. The van der Waals surface area contributed by atoms with Crippen molar-refractivity contribution in [2.45, 2.75) is 52.2 Å². The molecule has 1 heterocycles. The van der Waals surface area contributed by atoms with Crippen LogP contribution in [0.15, 0.2) is 0 Å². The van der Waals surface area contributed by atoms with E-state index in [9.17, 15) is 36.3 Å². The van der Waals surface area contributed by atoms with E-state index in [-0.39, 0.29) is 12.8 Å². The largest absolute Gasteiger partial charge is 0.458 e. The van der Waals surface area contributed by atoms with Gasteiger partial charge in [-0.25, -0.2) is 13.2 Å². The number of esters is 3. The predicted molar refractivity (Wildman–Crippen MR) is 94.3 cm³/mol. The van der Waals surface area contributed by atoms with Crippen LogP contribution in [0.25, 0.3) is 0 Å². The number of hydrogen-bond acceptors (Lipinski definition) is 6. The number of carbonyl (C=O) groups is 3. The number of benzene rings is 1. The molecule has 32 heavy (non-hydrogen) atoms. The fraction of sp³-hybridized carbons (Fsp3) is 0.571.